The van der Waals surface area contributed by atoms with Gasteiger partial charge in [0.2, 0.25) is 5.91 Å². The van der Waals surface area contributed by atoms with Crippen LogP contribution < -0.4 is 5.32 Å². The van der Waals surface area contributed by atoms with Crippen molar-refractivity contribution in [1.29, 1.82) is 0 Å². The van der Waals surface area contributed by atoms with Gasteiger partial charge in [-0.25, -0.2) is 0 Å². The molecule has 0 fully saturated rings. The number of hydrogen-bond acceptors (Lipinski definition) is 2. The predicted octanol–water partition coefficient (Wildman–Crippen LogP) is 3.29. The van der Waals surface area contributed by atoms with E-state index < -0.39 is 6.10 Å². The molecule has 0 saturated carbocycles. The smallest absolute Gasteiger partial charge is 0.222 e. The van der Waals surface area contributed by atoms with Crippen molar-refractivity contribution in [1.82, 2.24) is 5.32 Å². The minimum atomic E-state index is -0.656. The lowest BCUT2D eigenvalue weighted by Crippen LogP contribution is -2.38. The second kappa shape index (κ2) is 8.49. The van der Waals surface area contributed by atoms with Crippen LogP contribution in [0, 0.1) is 0 Å². The van der Waals surface area contributed by atoms with Crippen molar-refractivity contribution >= 4 is 5.91 Å². The van der Waals surface area contributed by atoms with Gasteiger partial charge in [-0.05, 0) is 24.5 Å². The Kier molecular flexibility index (Phi) is 6.36. The summed E-state index contributed by atoms with van der Waals surface area (Å²) in [6.07, 6.45) is -0.0333. The summed E-state index contributed by atoms with van der Waals surface area (Å²) in [5, 5.41) is 13.1. The fourth-order valence-electron chi connectivity index (χ4n) is 2.66. The molecule has 0 aromatic heterocycles. The molecule has 2 rings (SSSR count). The number of aliphatic hydroxyl groups is 1. The average molecular weight is 311 g/mol. The number of hydrogen-bond donors (Lipinski definition) is 2. The van der Waals surface area contributed by atoms with Crippen molar-refractivity contribution in [2.24, 2.45) is 0 Å². The molecule has 0 aliphatic heterocycles. The third kappa shape index (κ3) is 5.53. The van der Waals surface area contributed by atoms with Gasteiger partial charge in [-0.3, -0.25) is 4.79 Å². The van der Waals surface area contributed by atoms with E-state index in [4.69, 9.17) is 0 Å². The van der Waals surface area contributed by atoms with E-state index in [-0.39, 0.29) is 24.3 Å². The van der Waals surface area contributed by atoms with E-state index in [1.807, 2.05) is 55.5 Å². The maximum atomic E-state index is 12.1. The molecule has 0 heterocycles. The highest BCUT2D eigenvalue weighted by Gasteiger charge is 2.18. The quantitative estimate of drug-likeness (QED) is 0.824. The molecule has 0 bridgehead atoms. The van der Waals surface area contributed by atoms with Crippen LogP contribution in [-0.4, -0.2) is 23.2 Å². The summed E-state index contributed by atoms with van der Waals surface area (Å²) in [7, 11) is 0. The number of amides is 1. The first-order chi connectivity index (χ1) is 11.1. The van der Waals surface area contributed by atoms with Gasteiger partial charge in [0.05, 0.1) is 12.5 Å². The second-order valence-corrected chi connectivity index (χ2v) is 6.10. The van der Waals surface area contributed by atoms with Crippen LogP contribution in [-0.2, 0) is 11.2 Å². The van der Waals surface area contributed by atoms with E-state index in [9.17, 15) is 9.90 Å². The molecule has 23 heavy (non-hydrogen) atoms. The summed E-state index contributed by atoms with van der Waals surface area (Å²) in [5.74, 6) is 0.120. The number of nitrogens with one attached hydrogen (secondary N) is 1. The highest BCUT2D eigenvalue weighted by atomic mass is 16.3. The largest absolute Gasteiger partial charge is 0.392 e. The highest BCUT2D eigenvalue weighted by Crippen LogP contribution is 2.18. The number of carbonyl (C=O) groups is 1. The molecule has 1 amide bonds. The molecule has 0 aliphatic carbocycles. The van der Waals surface area contributed by atoms with Crippen LogP contribution in [0.5, 0.6) is 0 Å². The van der Waals surface area contributed by atoms with Gasteiger partial charge in [0, 0.05) is 12.0 Å². The topological polar surface area (TPSA) is 49.3 Å². The normalized spacial score (nSPS) is 14.7. The fraction of sp³-hybridized carbons (Fsp3) is 0.350. The molecule has 3 nitrogen and oxygen atoms in total. The van der Waals surface area contributed by atoms with Gasteiger partial charge < -0.3 is 10.4 Å². The minimum Gasteiger partial charge on any atom is -0.392 e. The van der Waals surface area contributed by atoms with Gasteiger partial charge in [-0.1, -0.05) is 67.6 Å². The lowest BCUT2D eigenvalue weighted by atomic mass is 9.94. The van der Waals surface area contributed by atoms with Crippen LogP contribution in [0.2, 0.25) is 0 Å². The molecule has 0 saturated heterocycles. The Balaban J connectivity index is 1.82. The summed E-state index contributed by atoms with van der Waals surface area (Å²) in [6, 6.07) is 19.9. The zero-order valence-corrected chi connectivity index (χ0v) is 13.8. The van der Waals surface area contributed by atoms with Crippen molar-refractivity contribution in [2.75, 3.05) is 0 Å². The minimum absolute atomic E-state index is 0.0221. The Labute approximate surface area is 138 Å². The summed E-state index contributed by atoms with van der Waals surface area (Å²) < 4.78 is 0. The fourth-order valence-corrected chi connectivity index (χ4v) is 2.66. The molecule has 122 valence electrons. The summed E-state index contributed by atoms with van der Waals surface area (Å²) in [6.45, 7) is 4.10. The zero-order valence-electron chi connectivity index (χ0n) is 13.8. The van der Waals surface area contributed by atoms with Crippen LogP contribution in [0.25, 0.3) is 0 Å². The van der Waals surface area contributed by atoms with Gasteiger partial charge in [-0.2, -0.15) is 0 Å². The Morgan fingerprint density at radius 2 is 1.57 bits per heavy atom. The maximum Gasteiger partial charge on any atom is 0.222 e. The van der Waals surface area contributed by atoms with E-state index in [0.29, 0.717) is 6.42 Å². The van der Waals surface area contributed by atoms with Gasteiger partial charge in [-0.15, -0.1) is 0 Å². The SMILES string of the molecule is C[C@H](NC(=O)C[C@@H](O)Cc1ccccc1)[C@H](C)c1ccccc1. The van der Waals surface area contributed by atoms with Gasteiger partial charge in [0.15, 0.2) is 0 Å². The van der Waals surface area contributed by atoms with Crippen molar-refractivity contribution < 1.29 is 9.90 Å². The maximum absolute atomic E-state index is 12.1. The van der Waals surface area contributed by atoms with E-state index in [1.54, 1.807) is 0 Å². The molecule has 2 aromatic rings. The Hall–Kier alpha value is -2.13. The molecule has 2 aromatic carbocycles. The summed E-state index contributed by atoms with van der Waals surface area (Å²) >= 11 is 0. The molecule has 0 unspecified atom stereocenters. The lowest BCUT2D eigenvalue weighted by Gasteiger charge is -2.22. The molecule has 3 heteroatoms. The van der Waals surface area contributed by atoms with Crippen molar-refractivity contribution in [3.8, 4) is 0 Å². The molecule has 3 atom stereocenters. The van der Waals surface area contributed by atoms with Crippen LogP contribution in [0.4, 0.5) is 0 Å². The van der Waals surface area contributed by atoms with Crippen LogP contribution in [0.3, 0.4) is 0 Å². The third-order valence-electron chi connectivity index (χ3n) is 4.20. The molecule has 0 radical (unpaired) electrons. The van der Waals surface area contributed by atoms with E-state index in [1.165, 1.54) is 5.56 Å². The average Bonchev–Trinajstić information content (AvgIpc) is 2.55. The van der Waals surface area contributed by atoms with E-state index >= 15 is 0 Å². The summed E-state index contributed by atoms with van der Waals surface area (Å²) in [4.78, 5) is 12.1. The first-order valence-electron chi connectivity index (χ1n) is 8.12. The van der Waals surface area contributed by atoms with E-state index in [2.05, 4.69) is 24.4 Å². The predicted molar refractivity (Wildman–Crippen MR) is 93.2 cm³/mol. The van der Waals surface area contributed by atoms with Gasteiger partial charge in [0.25, 0.3) is 0 Å². The molecular formula is C20H25NO2. The number of benzene rings is 2. The number of aliphatic hydroxyl groups excluding tert-OH is 1. The van der Waals surface area contributed by atoms with E-state index in [0.717, 1.165) is 5.56 Å². The molecular weight excluding hydrogens is 286 g/mol. The first-order valence-corrected chi connectivity index (χ1v) is 8.12. The molecule has 2 N–H and O–H groups in total. The zero-order chi connectivity index (χ0) is 16.7. The van der Waals surface area contributed by atoms with Crippen molar-refractivity contribution in [3.63, 3.8) is 0 Å². The van der Waals surface area contributed by atoms with Gasteiger partial charge in [0.1, 0.15) is 0 Å². The van der Waals surface area contributed by atoms with Gasteiger partial charge >= 0.3 is 0 Å². The Morgan fingerprint density at radius 1 is 1.00 bits per heavy atom. The Morgan fingerprint density at radius 3 is 2.17 bits per heavy atom. The monoisotopic (exact) mass is 311 g/mol. The highest BCUT2D eigenvalue weighted by molar-refractivity contribution is 5.76. The number of rotatable bonds is 7. The standard InChI is InChI=1S/C20H25NO2/c1-15(18-11-7-4-8-12-18)16(2)21-20(23)14-19(22)13-17-9-5-3-6-10-17/h3-12,15-16,19,22H,13-14H2,1-2H3,(H,21,23)/t15-,16-,19-/m0/s1. The van der Waals surface area contributed by atoms with Crippen molar-refractivity contribution in [2.45, 2.75) is 44.8 Å². The first kappa shape index (κ1) is 17.2. The van der Waals surface area contributed by atoms with Crippen LogP contribution >= 0.6 is 0 Å². The van der Waals surface area contributed by atoms with Crippen LogP contribution in [0.1, 0.15) is 37.3 Å². The molecule has 0 spiro atoms. The van der Waals surface area contributed by atoms with Crippen molar-refractivity contribution in [3.05, 3.63) is 71.8 Å². The van der Waals surface area contributed by atoms with Crippen LogP contribution in [0.15, 0.2) is 60.7 Å². The number of carbonyl (C=O) groups excluding carboxylic acids is 1. The lowest BCUT2D eigenvalue weighted by molar-refractivity contribution is -0.123. The Bertz CT molecular complexity index is 598. The summed E-state index contributed by atoms with van der Waals surface area (Å²) in [5.41, 5.74) is 2.24. The molecule has 0 aliphatic rings. The second-order valence-electron chi connectivity index (χ2n) is 6.10. The third-order valence-corrected chi connectivity index (χ3v) is 4.20.